The molecule has 128 valence electrons. The molecule has 2 rings (SSSR count). The van der Waals surface area contributed by atoms with Gasteiger partial charge in [0.05, 0.1) is 15.6 Å². The second kappa shape index (κ2) is 8.89. The van der Waals surface area contributed by atoms with Crippen LogP contribution in [0.2, 0.25) is 10.0 Å². The number of hydrogen-bond donors (Lipinski definition) is 3. The number of benzene rings is 2. The zero-order valence-electron chi connectivity index (χ0n) is 12.3. The molecule has 0 spiro atoms. The number of anilines is 1. The molecular formula is C16H15Cl3N2O3. The van der Waals surface area contributed by atoms with Gasteiger partial charge in [0.2, 0.25) is 0 Å². The second-order valence-electron chi connectivity index (χ2n) is 4.90. The number of rotatable bonds is 5. The van der Waals surface area contributed by atoms with E-state index in [4.69, 9.17) is 34.0 Å². The van der Waals surface area contributed by atoms with Crippen LogP contribution in [0.15, 0.2) is 42.5 Å². The monoisotopic (exact) mass is 388 g/mol. The number of carbonyl (C=O) groups excluding carboxylic acids is 1. The van der Waals surface area contributed by atoms with Crippen LogP contribution in [-0.2, 0) is 11.2 Å². The molecule has 4 N–H and O–H groups in total. The first kappa shape index (κ1) is 20.3. The number of amides is 1. The minimum absolute atomic E-state index is 0. The molecule has 1 amide bonds. The first-order valence-electron chi connectivity index (χ1n) is 6.71. The standard InChI is InChI=1S/C16H14Cl2N2O3.ClH/c17-11-2-1-3-12(18)14(11)15(21)20-10-6-4-9(5-7-10)8-13(19)16(22)23;/h1-7,13H,8,19H2,(H,20,21)(H,22,23);1H/t13-;/m0./s1. The van der Waals surface area contributed by atoms with Gasteiger partial charge in [-0.1, -0.05) is 41.4 Å². The van der Waals surface area contributed by atoms with E-state index in [0.29, 0.717) is 5.69 Å². The van der Waals surface area contributed by atoms with E-state index in [0.717, 1.165) is 5.56 Å². The fourth-order valence-corrected chi connectivity index (χ4v) is 2.54. The summed E-state index contributed by atoms with van der Waals surface area (Å²) in [6, 6.07) is 10.6. The molecule has 0 saturated carbocycles. The van der Waals surface area contributed by atoms with Gasteiger partial charge in [-0.2, -0.15) is 0 Å². The lowest BCUT2D eigenvalue weighted by Gasteiger charge is -2.10. The highest BCUT2D eigenvalue weighted by atomic mass is 35.5. The number of halogens is 3. The highest BCUT2D eigenvalue weighted by Gasteiger charge is 2.15. The van der Waals surface area contributed by atoms with Crippen LogP contribution in [-0.4, -0.2) is 23.0 Å². The molecule has 2 aromatic carbocycles. The van der Waals surface area contributed by atoms with E-state index in [2.05, 4.69) is 5.32 Å². The maximum Gasteiger partial charge on any atom is 0.320 e. The number of nitrogens with two attached hydrogens (primary N) is 1. The van der Waals surface area contributed by atoms with E-state index in [-0.39, 0.29) is 34.4 Å². The summed E-state index contributed by atoms with van der Waals surface area (Å²) in [5.41, 5.74) is 6.98. The molecule has 0 aliphatic rings. The normalized spacial score (nSPS) is 11.3. The third-order valence-electron chi connectivity index (χ3n) is 3.17. The van der Waals surface area contributed by atoms with Crippen molar-refractivity contribution in [2.75, 3.05) is 5.32 Å². The third-order valence-corrected chi connectivity index (χ3v) is 3.80. The molecule has 0 radical (unpaired) electrons. The van der Waals surface area contributed by atoms with Crippen LogP contribution in [0.5, 0.6) is 0 Å². The molecule has 0 aliphatic heterocycles. The average molecular weight is 390 g/mol. The molecule has 0 heterocycles. The van der Waals surface area contributed by atoms with Crippen LogP contribution >= 0.6 is 35.6 Å². The van der Waals surface area contributed by atoms with Crippen molar-refractivity contribution >= 4 is 53.2 Å². The van der Waals surface area contributed by atoms with Crippen molar-refractivity contribution in [2.45, 2.75) is 12.5 Å². The minimum Gasteiger partial charge on any atom is -0.480 e. The fourth-order valence-electron chi connectivity index (χ4n) is 1.97. The summed E-state index contributed by atoms with van der Waals surface area (Å²) >= 11 is 12.0. The quantitative estimate of drug-likeness (QED) is 0.728. The van der Waals surface area contributed by atoms with E-state index in [1.807, 2.05) is 0 Å². The molecule has 5 nitrogen and oxygen atoms in total. The molecule has 0 saturated heterocycles. The lowest BCUT2D eigenvalue weighted by molar-refractivity contribution is -0.138. The maximum absolute atomic E-state index is 12.2. The molecule has 0 bridgehead atoms. The molecule has 0 aliphatic carbocycles. The minimum atomic E-state index is -1.06. The van der Waals surface area contributed by atoms with Gasteiger partial charge >= 0.3 is 5.97 Å². The highest BCUT2D eigenvalue weighted by molar-refractivity contribution is 6.40. The van der Waals surface area contributed by atoms with Crippen molar-refractivity contribution in [3.05, 3.63) is 63.6 Å². The summed E-state index contributed by atoms with van der Waals surface area (Å²) < 4.78 is 0. The molecular weight excluding hydrogens is 375 g/mol. The van der Waals surface area contributed by atoms with E-state index in [1.165, 1.54) is 0 Å². The molecule has 0 aromatic heterocycles. The van der Waals surface area contributed by atoms with Crippen molar-refractivity contribution in [3.8, 4) is 0 Å². The number of nitrogens with one attached hydrogen (secondary N) is 1. The van der Waals surface area contributed by atoms with Gasteiger partial charge in [-0.25, -0.2) is 0 Å². The Balaban J connectivity index is 0.00000288. The number of carbonyl (C=O) groups is 2. The van der Waals surface area contributed by atoms with Gasteiger partial charge in [0, 0.05) is 5.69 Å². The highest BCUT2D eigenvalue weighted by Crippen LogP contribution is 2.25. The number of hydrogen-bond acceptors (Lipinski definition) is 3. The van der Waals surface area contributed by atoms with Gasteiger partial charge in [0.1, 0.15) is 6.04 Å². The van der Waals surface area contributed by atoms with Crippen molar-refractivity contribution in [1.29, 1.82) is 0 Å². The van der Waals surface area contributed by atoms with Gasteiger partial charge in [-0.15, -0.1) is 12.4 Å². The van der Waals surface area contributed by atoms with E-state index >= 15 is 0 Å². The van der Waals surface area contributed by atoms with Gasteiger partial charge in [0.25, 0.3) is 5.91 Å². The van der Waals surface area contributed by atoms with Crippen molar-refractivity contribution in [2.24, 2.45) is 5.73 Å². The molecule has 2 aromatic rings. The Kier molecular flexibility index (Phi) is 7.51. The topological polar surface area (TPSA) is 92.4 Å². The number of carboxylic acids is 1. The van der Waals surface area contributed by atoms with Crippen molar-refractivity contribution in [1.82, 2.24) is 0 Å². The summed E-state index contributed by atoms with van der Waals surface area (Å²) in [4.78, 5) is 23.0. The largest absolute Gasteiger partial charge is 0.480 e. The van der Waals surface area contributed by atoms with Crippen molar-refractivity contribution < 1.29 is 14.7 Å². The Morgan fingerprint density at radius 2 is 1.62 bits per heavy atom. The summed E-state index contributed by atoms with van der Waals surface area (Å²) in [6.45, 7) is 0. The summed E-state index contributed by atoms with van der Waals surface area (Å²) in [7, 11) is 0. The van der Waals surface area contributed by atoms with Gasteiger partial charge in [-0.3, -0.25) is 9.59 Å². The van der Waals surface area contributed by atoms with E-state index in [9.17, 15) is 9.59 Å². The smallest absolute Gasteiger partial charge is 0.320 e. The molecule has 0 fully saturated rings. The lowest BCUT2D eigenvalue weighted by Crippen LogP contribution is -2.32. The zero-order chi connectivity index (χ0) is 17.0. The van der Waals surface area contributed by atoms with Gasteiger partial charge < -0.3 is 16.2 Å². The van der Waals surface area contributed by atoms with Crippen LogP contribution in [0.4, 0.5) is 5.69 Å². The number of aliphatic carboxylic acids is 1. The Morgan fingerprint density at radius 1 is 1.08 bits per heavy atom. The first-order valence-corrected chi connectivity index (χ1v) is 7.46. The van der Waals surface area contributed by atoms with Crippen molar-refractivity contribution in [3.63, 3.8) is 0 Å². The SMILES string of the molecule is Cl.N[C@@H](Cc1ccc(NC(=O)c2c(Cl)cccc2Cl)cc1)C(=O)O. The predicted molar refractivity (Wildman–Crippen MR) is 97.4 cm³/mol. The Labute approximate surface area is 155 Å². The zero-order valence-corrected chi connectivity index (χ0v) is 14.7. The van der Waals surface area contributed by atoms with E-state index in [1.54, 1.807) is 42.5 Å². The second-order valence-corrected chi connectivity index (χ2v) is 5.71. The Hall–Kier alpha value is -1.79. The molecule has 8 heteroatoms. The van der Waals surface area contributed by atoms with Crippen LogP contribution in [0.1, 0.15) is 15.9 Å². The predicted octanol–water partition coefficient (Wildman–Crippen LogP) is 3.62. The fraction of sp³-hybridized carbons (Fsp3) is 0.125. The van der Waals surface area contributed by atoms with Crippen LogP contribution in [0, 0.1) is 0 Å². The van der Waals surface area contributed by atoms with Gasteiger partial charge in [-0.05, 0) is 36.2 Å². The van der Waals surface area contributed by atoms with E-state index < -0.39 is 17.9 Å². The Bertz CT molecular complexity index is 716. The summed E-state index contributed by atoms with van der Waals surface area (Å²) in [6.07, 6.45) is 0.208. The van der Waals surface area contributed by atoms with Gasteiger partial charge in [0.15, 0.2) is 0 Å². The maximum atomic E-state index is 12.2. The number of carboxylic acid groups (broad SMARTS) is 1. The average Bonchev–Trinajstić information content (AvgIpc) is 2.49. The summed E-state index contributed by atoms with van der Waals surface area (Å²) in [5, 5.41) is 12.0. The molecule has 1 atom stereocenters. The first-order chi connectivity index (χ1) is 10.9. The van der Waals surface area contributed by atoms with Crippen LogP contribution < -0.4 is 11.1 Å². The lowest BCUT2D eigenvalue weighted by atomic mass is 10.1. The van der Waals surface area contributed by atoms with Crippen LogP contribution in [0.3, 0.4) is 0 Å². The molecule has 24 heavy (non-hydrogen) atoms. The van der Waals surface area contributed by atoms with Crippen LogP contribution in [0.25, 0.3) is 0 Å². The summed E-state index contributed by atoms with van der Waals surface area (Å²) in [5.74, 6) is -1.48. The Morgan fingerprint density at radius 3 is 2.12 bits per heavy atom. The third kappa shape index (κ3) is 5.11. The molecule has 0 unspecified atom stereocenters.